The molecule has 1 aromatic heterocycles. The van der Waals surface area contributed by atoms with E-state index >= 15 is 0 Å². The number of benzene rings is 1. The maximum atomic E-state index is 13.9. The van der Waals surface area contributed by atoms with Crippen molar-refractivity contribution in [2.24, 2.45) is 0 Å². The minimum Gasteiger partial charge on any atom is -0.494 e. The van der Waals surface area contributed by atoms with Gasteiger partial charge in [0.05, 0.1) is 12.8 Å². The molecule has 2 N–H and O–H groups in total. The Morgan fingerprint density at radius 1 is 1.17 bits per heavy atom. The Kier molecular flexibility index (Phi) is 4.30. The number of hydrogen-bond acceptors (Lipinski definition) is 5. The molecule has 1 fully saturated rings. The minimum absolute atomic E-state index is 0.133. The van der Waals surface area contributed by atoms with Crippen LogP contribution in [-0.4, -0.2) is 22.6 Å². The highest BCUT2D eigenvalue weighted by Gasteiger charge is 2.26. The van der Waals surface area contributed by atoms with Crippen molar-refractivity contribution < 1.29 is 9.13 Å². The lowest BCUT2D eigenvalue weighted by atomic mass is 10.1. The summed E-state index contributed by atoms with van der Waals surface area (Å²) in [6.45, 7) is 6.18. The number of rotatable bonds is 5. The topological polar surface area (TPSA) is 59.1 Å². The number of hydrogen-bond donors (Lipinski definition) is 2. The van der Waals surface area contributed by atoms with Gasteiger partial charge in [-0.25, -0.2) is 9.37 Å². The fourth-order valence-corrected chi connectivity index (χ4v) is 2.40. The Morgan fingerprint density at radius 3 is 2.50 bits per heavy atom. The Bertz CT molecular complexity index is 738. The van der Waals surface area contributed by atoms with Gasteiger partial charge in [-0.1, -0.05) is 0 Å². The molecule has 0 radical (unpaired) electrons. The maximum Gasteiger partial charge on any atom is 0.225 e. The van der Waals surface area contributed by atoms with E-state index in [-0.39, 0.29) is 11.3 Å². The second-order valence-corrected chi connectivity index (χ2v) is 7.13. The number of nitrogens with zero attached hydrogens (tertiary/aromatic N) is 2. The van der Waals surface area contributed by atoms with Gasteiger partial charge in [-0.2, -0.15) is 4.98 Å². The smallest absolute Gasteiger partial charge is 0.225 e. The van der Waals surface area contributed by atoms with Crippen LogP contribution in [0.5, 0.6) is 5.75 Å². The number of methoxy groups -OCH3 is 1. The van der Waals surface area contributed by atoms with Crippen LogP contribution in [0.4, 0.5) is 21.8 Å². The van der Waals surface area contributed by atoms with Crippen molar-refractivity contribution in [2.45, 2.75) is 45.1 Å². The van der Waals surface area contributed by atoms with E-state index in [2.05, 4.69) is 41.4 Å². The van der Waals surface area contributed by atoms with Gasteiger partial charge in [-0.15, -0.1) is 0 Å². The molecule has 2 aromatic rings. The molecule has 1 heterocycles. The van der Waals surface area contributed by atoms with E-state index in [0.29, 0.717) is 23.4 Å². The quantitative estimate of drug-likeness (QED) is 0.848. The van der Waals surface area contributed by atoms with Gasteiger partial charge < -0.3 is 15.4 Å². The molecule has 3 rings (SSSR count). The summed E-state index contributed by atoms with van der Waals surface area (Å²) >= 11 is 0. The van der Waals surface area contributed by atoms with Crippen molar-refractivity contribution in [3.63, 3.8) is 0 Å². The Balaban J connectivity index is 1.87. The predicted octanol–water partition coefficient (Wildman–Crippen LogP) is 4.46. The van der Waals surface area contributed by atoms with Crippen LogP contribution >= 0.6 is 0 Å². The van der Waals surface area contributed by atoms with Crippen molar-refractivity contribution >= 4 is 17.5 Å². The molecule has 0 aliphatic heterocycles. The van der Waals surface area contributed by atoms with Crippen LogP contribution < -0.4 is 15.4 Å². The Labute approximate surface area is 141 Å². The molecule has 1 aliphatic carbocycles. The van der Waals surface area contributed by atoms with Gasteiger partial charge in [0.25, 0.3) is 0 Å². The molecular formula is C18H23FN4O. The number of aromatic nitrogens is 2. The number of anilines is 3. The van der Waals surface area contributed by atoms with Crippen LogP contribution in [-0.2, 0) is 0 Å². The van der Waals surface area contributed by atoms with Crippen LogP contribution in [0, 0.1) is 5.82 Å². The van der Waals surface area contributed by atoms with Crippen LogP contribution in [0.2, 0.25) is 0 Å². The van der Waals surface area contributed by atoms with Crippen molar-refractivity contribution in [3.8, 4) is 5.75 Å². The summed E-state index contributed by atoms with van der Waals surface area (Å²) in [6, 6.07) is 6.69. The molecule has 5 nitrogen and oxygen atoms in total. The zero-order valence-electron chi connectivity index (χ0n) is 14.5. The van der Waals surface area contributed by atoms with Gasteiger partial charge in [0.1, 0.15) is 5.82 Å². The highest BCUT2D eigenvalue weighted by atomic mass is 19.1. The van der Waals surface area contributed by atoms with Crippen molar-refractivity contribution in [3.05, 3.63) is 35.8 Å². The first-order valence-electron chi connectivity index (χ1n) is 8.12. The van der Waals surface area contributed by atoms with E-state index in [1.807, 2.05) is 6.07 Å². The first-order valence-corrected chi connectivity index (χ1v) is 8.12. The molecule has 0 saturated heterocycles. The lowest BCUT2D eigenvalue weighted by molar-refractivity contribution is 0.386. The van der Waals surface area contributed by atoms with Crippen LogP contribution in [0.1, 0.15) is 45.2 Å². The summed E-state index contributed by atoms with van der Waals surface area (Å²) < 4.78 is 18.8. The highest BCUT2D eigenvalue weighted by Crippen LogP contribution is 2.40. The SMILES string of the molecule is COc1ccc(Nc2cc(C3CC3)nc(NC(C)(C)C)n2)cc1F. The van der Waals surface area contributed by atoms with E-state index in [1.165, 1.54) is 13.2 Å². The molecule has 0 amide bonds. The van der Waals surface area contributed by atoms with Gasteiger partial charge in [0.2, 0.25) is 5.95 Å². The average Bonchev–Trinajstić information content (AvgIpc) is 3.30. The zero-order chi connectivity index (χ0) is 17.3. The standard InChI is InChI=1S/C18H23FN4O/c1-18(2,3)23-17-21-14(11-5-6-11)10-16(22-17)20-12-7-8-15(24-4)13(19)9-12/h7-11H,5-6H2,1-4H3,(H2,20,21,22,23). The fourth-order valence-electron chi connectivity index (χ4n) is 2.40. The van der Waals surface area contributed by atoms with Gasteiger partial charge in [-0.3, -0.25) is 0 Å². The molecule has 0 bridgehead atoms. The van der Waals surface area contributed by atoms with Gasteiger partial charge in [0.15, 0.2) is 11.6 Å². The van der Waals surface area contributed by atoms with Crippen LogP contribution in [0.25, 0.3) is 0 Å². The third kappa shape index (κ3) is 4.13. The fraction of sp³-hybridized carbons (Fsp3) is 0.444. The summed E-state index contributed by atoms with van der Waals surface area (Å²) in [6.07, 6.45) is 2.31. The van der Waals surface area contributed by atoms with Crippen molar-refractivity contribution in [1.82, 2.24) is 9.97 Å². The molecular weight excluding hydrogens is 307 g/mol. The Morgan fingerprint density at radius 2 is 1.92 bits per heavy atom. The molecule has 1 saturated carbocycles. The zero-order valence-corrected chi connectivity index (χ0v) is 14.5. The molecule has 1 aromatic carbocycles. The van der Waals surface area contributed by atoms with Crippen LogP contribution in [0.3, 0.4) is 0 Å². The summed E-state index contributed by atoms with van der Waals surface area (Å²) in [4.78, 5) is 9.12. The third-order valence-electron chi connectivity index (χ3n) is 3.65. The summed E-state index contributed by atoms with van der Waals surface area (Å²) in [5, 5.41) is 6.46. The molecule has 1 aliphatic rings. The largest absolute Gasteiger partial charge is 0.494 e. The maximum absolute atomic E-state index is 13.9. The predicted molar refractivity (Wildman–Crippen MR) is 93.6 cm³/mol. The first-order chi connectivity index (χ1) is 11.3. The molecule has 0 unspecified atom stereocenters. The number of nitrogens with one attached hydrogen (secondary N) is 2. The normalized spacial score (nSPS) is 14.4. The molecule has 0 atom stereocenters. The average molecular weight is 330 g/mol. The van der Waals surface area contributed by atoms with E-state index in [0.717, 1.165) is 18.5 Å². The Hall–Kier alpha value is -2.37. The van der Waals surface area contributed by atoms with Crippen molar-refractivity contribution in [2.75, 3.05) is 17.7 Å². The lowest BCUT2D eigenvalue weighted by Gasteiger charge is -2.21. The molecule has 0 spiro atoms. The van der Waals surface area contributed by atoms with Gasteiger partial charge in [-0.05, 0) is 45.7 Å². The number of halogens is 1. The third-order valence-corrected chi connectivity index (χ3v) is 3.65. The van der Waals surface area contributed by atoms with E-state index in [9.17, 15) is 4.39 Å². The molecule has 24 heavy (non-hydrogen) atoms. The lowest BCUT2D eigenvalue weighted by Crippen LogP contribution is -2.27. The summed E-state index contributed by atoms with van der Waals surface area (Å²) in [7, 11) is 1.45. The highest BCUT2D eigenvalue weighted by molar-refractivity contribution is 5.59. The summed E-state index contributed by atoms with van der Waals surface area (Å²) in [5.74, 6) is 1.55. The first kappa shape index (κ1) is 16.5. The van der Waals surface area contributed by atoms with E-state index in [4.69, 9.17) is 4.74 Å². The second kappa shape index (κ2) is 6.26. The van der Waals surface area contributed by atoms with Gasteiger partial charge >= 0.3 is 0 Å². The van der Waals surface area contributed by atoms with E-state index in [1.54, 1.807) is 12.1 Å². The monoisotopic (exact) mass is 330 g/mol. The summed E-state index contributed by atoms with van der Waals surface area (Å²) in [5.41, 5.74) is 1.51. The molecule has 6 heteroatoms. The van der Waals surface area contributed by atoms with Crippen LogP contribution in [0.15, 0.2) is 24.3 Å². The van der Waals surface area contributed by atoms with E-state index < -0.39 is 5.82 Å². The number of ether oxygens (including phenoxy) is 1. The second-order valence-electron chi connectivity index (χ2n) is 7.13. The van der Waals surface area contributed by atoms with Crippen molar-refractivity contribution in [1.29, 1.82) is 0 Å². The molecule has 128 valence electrons. The van der Waals surface area contributed by atoms with Gasteiger partial charge in [0, 0.05) is 29.3 Å². The minimum atomic E-state index is -0.410.